The Morgan fingerprint density at radius 3 is 3.14 bits per heavy atom. The highest BCUT2D eigenvalue weighted by Crippen LogP contribution is 2.28. The Morgan fingerprint density at radius 2 is 2.41 bits per heavy atom. The average molecular weight is 322 g/mol. The Kier molecular flexibility index (Phi) is 4.42. The zero-order valence-corrected chi connectivity index (χ0v) is 13.2. The first kappa shape index (κ1) is 15.4. The van der Waals surface area contributed by atoms with E-state index in [2.05, 4.69) is 9.88 Å². The van der Waals surface area contributed by atoms with Gasteiger partial charge in [-0.3, -0.25) is 4.90 Å². The standard InChI is InChI=1S/C16H19FN2O2S/c1-16(20)5-7-19(11-15-18-6-8-22-15)10-14(16)21-13-4-2-3-12(17)9-13/h2-4,6,8-9,14,20H,5,7,10-11H2,1H3/t14-,16-/m0/s1. The normalized spacial score (nSPS) is 26.0. The van der Waals surface area contributed by atoms with Gasteiger partial charge in [-0.2, -0.15) is 0 Å². The molecule has 2 aromatic rings. The number of hydrogen-bond acceptors (Lipinski definition) is 5. The van der Waals surface area contributed by atoms with Crippen LogP contribution in [-0.2, 0) is 6.54 Å². The van der Waals surface area contributed by atoms with Crippen molar-refractivity contribution in [1.82, 2.24) is 9.88 Å². The van der Waals surface area contributed by atoms with Crippen LogP contribution in [0, 0.1) is 5.82 Å². The number of piperidine rings is 1. The van der Waals surface area contributed by atoms with Gasteiger partial charge in [-0.25, -0.2) is 9.37 Å². The van der Waals surface area contributed by atoms with E-state index in [1.807, 2.05) is 5.38 Å². The van der Waals surface area contributed by atoms with E-state index in [-0.39, 0.29) is 5.82 Å². The van der Waals surface area contributed by atoms with Gasteiger partial charge in [-0.05, 0) is 25.5 Å². The minimum Gasteiger partial charge on any atom is -0.486 e. The fraction of sp³-hybridized carbons (Fsp3) is 0.438. The molecule has 2 heterocycles. The first-order valence-corrected chi connectivity index (χ1v) is 8.16. The molecule has 1 aromatic heterocycles. The van der Waals surface area contributed by atoms with Crippen LogP contribution in [-0.4, -0.2) is 39.8 Å². The van der Waals surface area contributed by atoms with Crippen molar-refractivity contribution in [2.75, 3.05) is 13.1 Å². The third kappa shape index (κ3) is 3.63. The van der Waals surface area contributed by atoms with Crippen molar-refractivity contribution in [3.8, 4) is 5.75 Å². The monoisotopic (exact) mass is 322 g/mol. The lowest BCUT2D eigenvalue weighted by Crippen LogP contribution is -2.56. The van der Waals surface area contributed by atoms with Crippen LogP contribution in [0.3, 0.4) is 0 Å². The number of halogens is 1. The number of aliphatic hydroxyl groups is 1. The molecule has 118 valence electrons. The van der Waals surface area contributed by atoms with Crippen molar-refractivity contribution < 1.29 is 14.2 Å². The molecule has 1 saturated heterocycles. The van der Waals surface area contributed by atoms with Crippen molar-refractivity contribution in [2.24, 2.45) is 0 Å². The number of hydrogen-bond donors (Lipinski definition) is 1. The zero-order valence-electron chi connectivity index (χ0n) is 12.4. The second-order valence-corrected chi connectivity index (χ2v) is 6.81. The third-order valence-corrected chi connectivity index (χ3v) is 4.73. The molecule has 1 fully saturated rings. The summed E-state index contributed by atoms with van der Waals surface area (Å²) in [6, 6.07) is 6.03. The molecule has 3 rings (SSSR count). The summed E-state index contributed by atoms with van der Waals surface area (Å²) in [4.78, 5) is 6.50. The van der Waals surface area contributed by atoms with Crippen LogP contribution in [0.25, 0.3) is 0 Å². The number of thiazole rings is 1. The van der Waals surface area contributed by atoms with Crippen LogP contribution < -0.4 is 4.74 Å². The van der Waals surface area contributed by atoms with Crippen LogP contribution in [0.5, 0.6) is 5.75 Å². The predicted octanol–water partition coefficient (Wildman–Crippen LogP) is 2.69. The second-order valence-electron chi connectivity index (χ2n) is 5.83. The first-order valence-electron chi connectivity index (χ1n) is 7.28. The minimum absolute atomic E-state index is 0.340. The molecule has 0 amide bonds. The number of benzene rings is 1. The summed E-state index contributed by atoms with van der Waals surface area (Å²) >= 11 is 1.62. The summed E-state index contributed by atoms with van der Waals surface area (Å²) in [6.07, 6.45) is 2.00. The van der Waals surface area contributed by atoms with Gasteiger partial charge >= 0.3 is 0 Å². The minimum atomic E-state index is -0.925. The lowest BCUT2D eigenvalue weighted by Gasteiger charge is -2.42. The van der Waals surface area contributed by atoms with Crippen LogP contribution in [0.2, 0.25) is 0 Å². The molecule has 0 bridgehead atoms. The molecular weight excluding hydrogens is 303 g/mol. The predicted molar refractivity (Wildman–Crippen MR) is 83.4 cm³/mol. The summed E-state index contributed by atoms with van der Waals surface area (Å²) < 4.78 is 19.1. The molecule has 1 aromatic carbocycles. The molecule has 0 unspecified atom stereocenters. The average Bonchev–Trinajstić information content (AvgIpc) is 2.96. The van der Waals surface area contributed by atoms with Crippen molar-refractivity contribution in [3.63, 3.8) is 0 Å². The summed E-state index contributed by atoms with van der Waals surface area (Å²) in [5.74, 6) is 0.106. The Morgan fingerprint density at radius 1 is 1.55 bits per heavy atom. The number of likely N-dealkylation sites (tertiary alicyclic amines) is 1. The van der Waals surface area contributed by atoms with E-state index in [4.69, 9.17) is 4.74 Å². The van der Waals surface area contributed by atoms with E-state index in [1.54, 1.807) is 36.6 Å². The van der Waals surface area contributed by atoms with E-state index in [0.29, 0.717) is 18.7 Å². The molecule has 22 heavy (non-hydrogen) atoms. The first-order chi connectivity index (χ1) is 10.5. The van der Waals surface area contributed by atoms with Gasteiger partial charge in [-0.1, -0.05) is 6.07 Å². The molecule has 1 N–H and O–H groups in total. The summed E-state index contributed by atoms with van der Waals surface area (Å²) in [5, 5.41) is 13.6. The van der Waals surface area contributed by atoms with Crippen LogP contribution in [0.15, 0.2) is 35.8 Å². The molecule has 2 atom stereocenters. The van der Waals surface area contributed by atoms with Crippen LogP contribution >= 0.6 is 11.3 Å². The molecular formula is C16H19FN2O2S. The Hall–Kier alpha value is -1.50. The van der Waals surface area contributed by atoms with E-state index < -0.39 is 11.7 Å². The Bertz CT molecular complexity index is 618. The van der Waals surface area contributed by atoms with Gasteiger partial charge in [0.05, 0.1) is 6.54 Å². The van der Waals surface area contributed by atoms with Crippen molar-refractivity contribution in [3.05, 3.63) is 46.7 Å². The molecule has 0 radical (unpaired) electrons. The number of rotatable bonds is 4. The number of ether oxygens (including phenoxy) is 1. The van der Waals surface area contributed by atoms with Gasteiger partial charge in [0.1, 0.15) is 28.3 Å². The highest BCUT2D eigenvalue weighted by molar-refractivity contribution is 7.09. The smallest absolute Gasteiger partial charge is 0.140 e. The molecule has 1 aliphatic rings. The highest BCUT2D eigenvalue weighted by atomic mass is 32.1. The maximum absolute atomic E-state index is 13.3. The fourth-order valence-corrected chi connectivity index (χ4v) is 3.26. The van der Waals surface area contributed by atoms with Gasteiger partial charge in [0.25, 0.3) is 0 Å². The van der Waals surface area contributed by atoms with E-state index in [0.717, 1.165) is 18.1 Å². The lowest BCUT2D eigenvalue weighted by atomic mass is 9.90. The van der Waals surface area contributed by atoms with Gasteiger partial charge in [0, 0.05) is 30.7 Å². The van der Waals surface area contributed by atoms with Gasteiger partial charge < -0.3 is 9.84 Å². The van der Waals surface area contributed by atoms with Crippen LogP contribution in [0.4, 0.5) is 4.39 Å². The quantitative estimate of drug-likeness (QED) is 0.940. The second kappa shape index (κ2) is 6.32. The molecule has 0 saturated carbocycles. The Labute approximate surface area is 133 Å². The maximum atomic E-state index is 13.3. The van der Waals surface area contributed by atoms with E-state index in [1.165, 1.54) is 12.1 Å². The largest absolute Gasteiger partial charge is 0.486 e. The topological polar surface area (TPSA) is 45.6 Å². The van der Waals surface area contributed by atoms with E-state index in [9.17, 15) is 9.50 Å². The summed E-state index contributed by atoms with van der Waals surface area (Å²) in [6.45, 7) is 3.90. The molecule has 0 aliphatic carbocycles. The van der Waals surface area contributed by atoms with E-state index >= 15 is 0 Å². The number of aromatic nitrogens is 1. The fourth-order valence-electron chi connectivity index (χ4n) is 2.60. The summed E-state index contributed by atoms with van der Waals surface area (Å²) in [5.41, 5.74) is -0.925. The van der Waals surface area contributed by atoms with Gasteiger partial charge in [0.15, 0.2) is 0 Å². The SMILES string of the molecule is C[C@]1(O)CCN(Cc2nccs2)C[C@@H]1Oc1cccc(F)c1. The van der Waals surface area contributed by atoms with Crippen molar-refractivity contribution in [1.29, 1.82) is 0 Å². The van der Waals surface area contributed by atoms with Crippen LogP contribution in [0.1, 0.15) is 18.4 Å². The van der Waals surface area contributed by atoms with Crippen molar-refractivity contribution >= 4 is 11.3 Å². The molecule has 6 heteroatoms. The summed E-state index contributed by atoms with van der Waals surface area (Å²) in [7, 11) is 0. The lowest BCUT2D eigenvalue weighted by molar-refractivity contribution is -0.0965. The molecule has 0 spiro atoms. The molecule has 4 nitrogen and oxygen atoms in total. The maximum Gasteiger partial charge on any atom is 0.140 e. The van der Waals surface area contributed by atoms with Crippen molar-refractivity contribution in [2.45, 2.75) is 31.6 Å². The van der Waals surface area contributed by atoms with Gasteiger partial charge in [0.2, 0.25) is 0 Å². The third-order valence-electron chi connectivity index (χ3n) is 3.97. The highest BCUT2D eigenvalue weighted by Gasteiger charge is 2.39. The molecule has 1 aliphatic heterocycles. The number of nitrogens with zero attached hydrogens (tertiary/aromatic N) is 2. The zero-order chi connectivity index (χ0) is 15.6. The van der Waals surface area contributed by atoms with Gasteiger partial charge in [-0.15, -0.1) is 11.3 Å². The Balaban J connectivity index is 1.69.